The van der Waals surface area contributed by atoms with Crippen molar-refractivity contribution in [1.29, 1.82) is 0 Å². The van der Waals surface area contributed by atoms with E-state index in [-0.39, 0.29) is 26.1 Å². The summed E-state index contributed by atoms with van der Waals surface area (Å²) in [5.74, 6) is -1.23. The van der Waals surface area contributed by atoms with Gasteiger partial charge in [-0.3, -0.25) is 4.79 Å². The SMILES string of the molecule is O=C(O)[C@@H]1C[C@H](O)CN1S(=O)(=O)N1CCOCC1. The number of ether oxygens (including phenoxy) is 1. The number of aliphatic carboxylic acids is 1. The molecule has 8 nitrogen and oxygen atoms in total. The lowest BCUT2D eigenvalue weighted by molar-refractivity contribution is -0.140. The molecule has 0 aromatic carbocycles. The standard InChI is InChI=1S/C9H16N2O6S/c12-7-5-8(9(13)14)11(6-7)18(15,16)10-1-3-17-4-2-10/h7-8,12H,1-6H2,(H,13,14)/t7-,8-/m0/s1. The number of hydrogen-bond donors (Lipinski definition) is 2. The minimum atomic E-state index is -3.84. The summed E-state index contributed by atoms with van der Waals surface area (Å²) >= 11 is 0. The van der Waals surface area contributed by atoms with E-state index in [1.165, 1.54) is 4.31 Å². The van der Waals surface area contributed by atoms with E-state index in [1.807, 2.05) is 0 Å². The Balaban J connectivity index is 2.20. The Morgan fingerprint density at radius 1 is 1.28 bits per heavy atom. The van der Waals surface area contributed by atoms with Crippen molar-refractivity contribution < 1.29 is 28.2 Å². The second-order valence-electron chi connectivity index (χ2n) is 4.33. The van der Waals surface area contributed by atoms with Crippen molar-refractivity contribution in [3.8, 4) is 0 Å². The molecule has 2 rings (SSSR count). The summed E-state index contributed by atoms with van der Waals surface area (Å²) in [5, 5.41) is 18.5. The van der Waals surface area contributed by atoms with Gasteiger partial charge in [-0.15, -0.1) is 0 Å². The maximum Gasteiger partial charge on any atom is 0.322 e. The largest absolute Gasteiger partial charge is 0.480 e. The maximum absolute atomic E-state index is 12.3. The highest BCUT2D eigenvalue weighted by Crippen LogP contribution is 2.24. The van der Waals surface area contributed by atoms with Gasteiger partial charge in [0.15, 0.2) is 0 Å². The van der Waals surface area contributed by atoms with E-state index in [1.54, 1.807) is 0 Å². The van der Waals surface area contributed by atoms with Crippen LogP contribution in [0.2, 0.25) is 0 Å². The molecule has 2 N–H and O–H groups in total. The molecular formula is C9H16N2O6S. The topological polar surface area (TPSA) is 107 Å². The van der Waals surface area contributed by atoms with Gasteiger partial charge < -0.3 is 14.9 Å². The lowest BCUT2D eigenvalue weighted by atomic mass is 10.2. The Morgan fingerprint density at radius 3 is 2.44 bits per heavy atom. The molecule has 0 aromatic rings. The van der Waals surface area contributed by atoms with E-state index in [0.29, 0.717) is 13.2 Å². The summed E-state index contributed by atoms with van der Waals surface area (Å²) in [6.07, 6.45) is -0.999. The predicted octanol–water partition coefficient (Wildman–Crippen LogP) is -1.92. The molecule has 104 valence electrons. The van der Waals surface area contributed by atoms with Gasteiger partial charge >= 0.3 is 5.97 Å². The average molecular weight is 280 g/mol. The zero-order chi connectivity index (χ0) is 13.3. The minimum Gasteiger partial charge on any atom is -0.480 e. The molecule has 2 atom stereocenters. The van der Waals surface area contributed by atoms with Gasteiger partial charge in [-0.2, -0.15) is 17.0 Å². The van der Waals surface area contributed by atoms with E-state index in [9.17, 15) is 18.3 Å². The lowest BCUT2D eigenvalue weighted by Gasteiger charge is -2.31. The molecule has 0 aromatic heterocycles. The number of carboxylic acids is 1. The smallest absolute Gasteiger partial charge is 0.322 e. The number of morpholine rings is 1. The Kier molecular flexibility index (Phi) is 3.87. The third kappa shape index (κ3) is 2.50. The van der Waals surface area contributed by atoms with Crippen LogP contribution >= 0.6 is 0 Å². The van der Waals surface area contributed by atoms with Gasteiger partial charge in [0.25, 0.3) is 10.2 Å². The van der Waals surface area contributed by atoms with Crippen molar-refractivity contribution in [3.63, 3.8) is 0 Å². The highest BCUT2D eigenvalue weighted by molar-refractivity contribution is 7.86. The van der Waals surface area contributed by atoms with Crippen molar-refractivity contribution in [1.82, 2.24) is 8.61 Å². The maximum atomic E-state index is 12.3. The van der Waals surface area contributed by atoms with Crippen molar-refractivity contribution >= 4 is 16.2 Å². The predicted molar refractivity (Wildman–Crippen MR) is 60.1 cm³/mol. The monoisotopic (exact) mass is 280 g/mol. The van der Waals surface area contributed by atoms with Gasteiger partial charge in [0.05, 0.1) is 19.3 Å². The third-order valence-corrected chi connectivity index (χ3v) is 5.13. The quantitative estimate of drug-likeness (QED) is 0.624. The highest BCUT2D eigenvalue weighted by atomic mass is 32.2. The first kappa shape index (κ1) is 13.7. The summed E-state index contributed by atoms with van der Waals surface area (Å²) in [5.41, 5.74) is 0. The number of hydrogen-bond acceptors (Lipinski definition) is 5. The Hall–Kier alpha value is -0.740. The molecule has 0 saturated carbocycles. The summed E-state index contributed by atoms with van der Waals surface area (Å²) in [6.45, 7) is 0.847. The van der Waals surface area contributed by atoms with Gasteiger partial charge in [0.2, 0.25) is 0 Å². The van der Waals surface area contributed by atoms with Crippen molar-refractivity contribution in [2.45, 2.75) is 18.6 Å². The van der Waals surface area contributed by atoms with E-state index in [0.717, 1.165) is 4.31 Å². The Bertz CT molecular complexity index is 419. The van der Waals surface area contributed by atoms with E-state index < -0.39 is 28.3 Å². The first-order valence-corrected chi connectivity index (χ1v) is 7.08. The van der Waals surface area contributed by atoms with E-state index in [4.69, 9.17) is 9.84 Å². The van der Waals surface area contributed by atoms with Crippen LogP contribution in [0.5, 0.6) is 0 Å². The Morgan fingerprint density at radius 2 is 1.89 bits per heavy atom. The molecule has 9 heteroatoms. The van der Waals surface area contributed by atoms with E-state index in [2.05, 4.69) is 0 Å². The molecule has 0 unspecified atom stereocenters. The summed E-state index contributed by atoms with van der Waals surface area (Å²) in [6, 6.07) is -1.19. The number of aliphatic hydroxyl groups is 1. The van der Waals surface area contributed by atoms with Crippen LogP contribution in [0.25, 0.3) is 0 Å². The normalized spacial score (nSPS) is 31.6. The third-order valence-electron chi connectivity index (χ3n) is 3.11. The molecule has 0 bridgehead atoms. The lowest BCUT2D eigenvalue weighted by Crippen LogP contribution is -2.51. The van der Waals surface area contributed by atoms with Crippen LogP contribution in [-0.2, 0) is 19.7 Å². The van der Waals surface area contributed by atoms with Crippen LogP contribution in [-0.4, -0.2) is 78.2 Å². The van der Waals surface area contributed by atoms with Gasteiger partial charge in [-0.05, 0) is 0 Å². The van der Waals surface area contributed by atoms with Crippen LogP contribution in [0.15, 0.2) is 0 Å². The van der Waals surface area contributed by atoms with E-state index >= 15 is 0 Å². The number of β-amino-alcohol motifs (C(OH)–C–C–N with tert-alkyl or cyclic N) is 1. The zero-order valence-electron chi connectivity index (χ0n) is 9.73. The van der Waals surface area contributed by atoms with Crippen molar-refractivity contribution in [2.75, 3.05) is 32.8 Å². The second-order valence-corrected chi connectivity index (χ2v) is 6.21. The number of nitrogens with zero attached hydrogens (tertiary/aromatic N) is 2. The number of aliphatic hydroxyl groups excluding tert-OH is 1. The van der Waals surface area contributed by atoms with Gasteiger partial charge in [0.1, 0.15) is 6.04 Å². The molecule has 0 amide bonds. The average Bonchev–Trinajstić information content (AvgIpc) is 2.73. The molecule has 2 heterocycles. The number of carboxylic acid groups (broad SMARTS) is 1. The fourth-order valence-electron chi connectivity index (χ4n) is 2.19. The van der Waals surface area contributed by atoms with Gasteiger partial charge in [-0.1, -0.05) is 0 Å². The fourth-order valence-corrected chi connectivity index (χ4v) is 3.95. The molecule has 0 spiro atoms. The van der Waals surface area contributed by atoms with Crippen LogP contribution in [0, 0.1) is 0 Å². The highest BCUT2D eigenvalue weighted by Gasteiger charge is 2.45. The molecule has 18 heavy (non-hydrogen) atoms. The molecule has 2 fully saturated rings. The number of carbonyl (C=O) groups is 1. The fraction of sp³-hybridized carbons (Fsp3) is 0.889. The summed E-state index contributed by atoms with van der Waals surface area (Å²) in [4.78, 5) is 11.0. The second kappa shape index (κ2) is 5.10. The van der Waals surface area contributed by atoms with Crippen molar-refractivity contribution in [3.05, 3.63) is 0 Å². The summed E-state index contributed by atoms with van der Waals surface area (Å²) in [7, 11) is -3.84. The minimum absolute atomic E-state index is 0.0705. The van der Waals surface area contributed by atoms with Crippen LogP contribution < -0.4 is 0 Å². The van der Waals surface area contributed by atoms with Crippen LogP contribution in [0.3, 0.4) is 0 Å². The molecular weight excluding hydrogens is 264 g/mol. The van der Waals surface area contributed by atoms with Crippen LogP contribution in [0.1, 0.15) is 6.42 Å². The molecule has 2 aliphatic heterocycles. The number of rotatable bonds is 3. The first-order chi connectivity index (χ1) is 8.43. The van der Waals surface area contributed by atoms with Gasteiger partial charge in [-0.25, -0.2) is 0 Å². The Labute approximate surface area is 105 Å². The zero-order valence-corrected chi connectivity index (χ0v) is 10.5. The van der Waals surface area contributed by atoms with Gasteiger partial charge in [0, 0.05) is 26.1 Å². The first-order valence-electron chi connectivity index (χ1n) is 5.68. The molecule has 0 radical (unpaired) electrons. The molecule has 2 aliphatic rings. The molecule has 2 saturated heterocycles. The molecule has 0 aliphatic carbocycles. The van der Waals surface area contributed by atoms with Crippen molar-refractivity contribution in [2.24, 2.45) is 0 Å². The van der Waals surface area contributed by atoms with Crippen LogP contribution in [0.4, 0.5) is 0 Å². The summed E-state index contributed by atoms with van der Waals surface area (Å²) < 4.78 is 31.7.